The van der Waals surface area contributed by atoms with E-state index < -0.39 is 5.82 Å². The van der Waals surface area contributed by atoms with Crippen LogP contribution < -0.4 is 0 Å². The first-order valence-corrected chi connectivity index (χ1v) is 6.21. The number of aromatic nitrogens is 5. The molecule has 20 heavy (non-hydrogen) atoms. The molecule has 0 amide bonds. The fraction of sp³-hybridized carbons (Fsp3) is 0.0769. The topological polar surface area (TPSA) is 56.5 Å². The summed E-state index contributed by atoms with van der Waals surface area (Å²) in [5, 5.41) is 8.17. The molecule has 0 aliphatic heterocycles. The number of hydrogen-bond donors (Lipinski definition) is 0. The van der Waals surface area contributed by atoms with Crippen LogP contribution in [0.4, 0.5) is 4.39 Å². The third kappa shape index (κ3) is 2.25. The molecule has 0 spiro atoms. The molecular formula is C13H9ClFN5. The summed E-state index contributed by atoms with van der Waals surface area (Å²) in [6, 6.07) is 9.41. The highest BCUT2D eigenvalue weighted by atomic mass is 35.5. The minimum Gasteiger partial charge on any atom is -0.229 e. The van der Waals surface area contributed by atoms with Gasteiger partial charge in [-0.2, -0.15) is 9.90 Å². The highest BCUT2D eigenvalue weighted by molar-refractivity contribution is 6.29. The molecule has 0 aliphatic rings. The minimum absolute atomic E-state index is 0.175. The van der Waals surface area contributed by atoms with Crippen LogP contribution in [0.3, 0.4) is 0 Å². The van der Waals surface area contributed by atoms with Gasteiger partial charge in [-0.25, -0.2) is 14.4 Å². The van der Waals surface area contributed by atoms with E-state index in [1.54, 1.807) is 0 Å². The summed E-state index contributed by atoms with van der Waals surface area (Å²) in [7, 11) is 0. The molecule has 7 heteroatoms. The number of aryl methyl sites for hydroxylation is 1. The van der Waals surface area contributed by atoms with Gasteiger partial charge in [0.25, 0.3) is 0 Å². The molecule has 0 saturated heterocycles. The molecule has 2 heterocycles. The zero-order valence-corrected chi connectivity index (χ0v) is 11.2. The second kappa shape index (κ2) is 4.97. The van der Waals surface area contributed by atoms with Crippen molar-refractivity contribution in [2.45, 2.75) is 6.92 Å². The lowest BCUT2D eigenvalue weighted by Gasteiger charge is -2.01. The van der Waals surface area contributed by atoms with Crippen molar-refractivity contribution in [3.8, 4) is 17.2 Å². The quantitative estimate of drug-likeness (QED) is 0.681. The molecule has 0 aliphatic carbocycles. The summed E-state index contributed by atoms with van der Waals surface area (Å²) in [5.74, 6) is -0.373. The SMILES string of the molecule is Cc1nc(-c2cnn(-c3ccccc3)n2)nc(Cl)c1F. The Morgan fingerprint density at radius 2 is 1.90 bits per heavy atom. The van der Waals surface area contributed by atoms with Crippen molar-refractivity contribution in [3.05, 3.63) is 53.2 Å². The minimum atomic E-state index is -0.620. The van der Waals surface area contributed by atoms with Gasteiger partial charge in [-0.15, -0.1) is 5.10 Å². The average Bonchev–Trinajstić information content (AvgIpc) is 2.95. The van der Waals surface area contributed by atoms with E-state index in [2.05, 4.69) is 20.2 Å². The second-order valence-electron chi connectivity index (χ2n) is 4.09. The third-order valence-electron chi connectivity index (χ3n) is 2.68. The maximum Gasteiger partial charge on any atom is 0.183 e. The van der Waals surface area contributed by atoms with Crippen LogP contribution in [0, 0.1) is 12.7 Å². The summed E-state index contributed by atoms with van der Waals surface area (Å²) in [4.78, 5) is 9.35. The van der Waals surface area contributed by atoms with Gasteiger partial charge in [-0.05, 0) is 19.1 Å². The summed E-state index contributed by atoms with van der Waals surface area (Å²) in [6.45, 7) is 1.52. The smallest absolute Gasteiger partial charge is 0.183 e. The van der Waals surface area contributed by atoms with Crippen molar-refractivity contribution in [3.63, 3.8) is 0 Å². The molecule has 0 unspecified atom stereocenters. The first kappa shape index (κ1) is 12.7. The number of rotatable bonds is 2. The van der Waals surface area contributed by atoms with Gasteiger partial charge in [-0.1, -0.05) is 29.8 Å². The number of halogens is 2. The van der Waals surface area contributed by atoms with E-state index in [-0.39, 0.29) is 16.7 Å². The highest BCUT2D eigenvalue weighted by Crippen LogP contribution is 2.19. The molecule has 0 saturated carbocycles. The average molecular weight is 290 g/mol. The fourth-order valence-corrected chi connectivity index (χ4v) is 1.91. The van der Waals surface area contributed by atoms with Gasteiger partial charge < -0.3 is 0 Å². The van der Waals surface area contributed by atoms with Crippen molar-refractivity contribution in [2.24, 2.45) is 0 Å². The van der Waals surface area contributed by atoms with E-state index >= 15 is 0 Å². The molecule has 100 valence electrons. The lowest BCUT2D eigenvalue weighted by molar-refractivity contribution is 0.602. The molecule has 0 atom stereocenters. The Kier molecular flexibility index (Phi) is 3.15. The predicted octanol–water partition coefficient (Wildman–Crippen LogP) is 2.83. The van der Waals surface area contributed by atoms with Crippen molar-refractivity contribution < 1.29 is 4.39 Å². The molecule has 1 aromatic carbocycles. The number of benzene rings is 1. The Morgan fingerprint density at radius 1 is 1.15 bits per heavy atom. The molecule has 2 aromatic heterocycles. The standard InChI is InChI=1S/C13H9ClFN5/c1-8-11(15)12(14)18-13(17-8)10-7-16-20(19-10)9-5-3-2-4-6-9/h2-7H,1H3. The van der Waals surface area contributed by atoms with E-state index in [4.69, 9.17) is 11.6 Å². The van der Waals surface area contributed by atoms with Gasteiger partial charge in [0.1, 0.15) is 0 Å². The monoisotopic (exact) mass is 289 g/mol. The Morgan fingerprint density at radius 3 is 2.60 bits per heavy atom. The summed E-state index contributed by atoms with van der Waals surface area (Å²) < 4.78 is 13.4. The van der Waals surface area contributed by atoms with Crippen LogP contribution in [0.5, 0.6) is 0 Å². The van der Waals surface area contributed by atoms with Gasteiger partial charge in [0.2, 0.25) is 0 Å². The number of hydrogen-bond acceptors (Lipinski definition) is 4. The van der Waals surface area contributed by atoms with Crippen LogP contribution in [0.25, 0.3) is 17.2 Å². The summed E-state index contributed by atoms with van der Waals surface area (Å²) in [6.07, 6.45) is 1.51. The first-order chi connectivity index (χ1) is 9.65. The van der Waals surface area contributed by atoms with Crippen molar-refractivity contribution in [1.29, 1.82) is 0 Å². The first-order valence-electron chi connectivity index (χ1n) is 5.83. The third-order valence-corrected chi connectivity index (χ3v) is 2.93. The van der Waals surface area contributed by atoms with Gasteiger partial charge in [0, 0.05) is 0 Å². The van der Waals surface area contributed by atoms with Crippen LogP contribution in [-0.4, -0.2) is 25.0 Å². The van der Waals surface area contributed by atoms with Crippen LogP contribution in [0.15, 0.2) is 36.5 Å². The molecular weight excluding hydrogens is 281 g/mol. The van der Waals surface area contributed by atoms with Crippen LogP contribution in [-0.2, 0) is 0 Å². The van der Waals surface area contributed by atoms with Gasteiger partial charge in [-0.3, -0.25) is 0 Å². The Balaban J connectivity index is 2.03. The van der Waals surface area contributed by atoms with Crippen LogP contribution in [0.2, 0.25) is 5.15 Å². The largest absolute Gasteiger partial charge is 0.229 e. The van der Waals surface area contributed by atoms with E-state index in [0.717, 1.165) is 5.69 Å². The normalized spacial score (nSPS) is 10.8. The fourth-order valence-electron chi connectivity index (χ4n) is 1.69. The van der Waals surface area contributed by atoms with E-state index in [1.165, 1.54) is 17.9 Å². The van der Waals surface area contributed by atoms with Crippen LogP contribution in [0.1, 0.15) is 5.69 Å². The van der Waals surface area contributed by atoms with Gasteiger partial charge in [0.15, 0.2) is 22.5 Å². The summed E-state index contributed by atoms with van der Waals surface area (Å²) >= 11 is 5.71. The molecule has 0 fully saturated rings. The second-order valence-corrected chi connectivity index (χ2v) is 4.45. The molecule has 0 N–H and O–H groups in total. The lowest BCUT2D eigenvalue weighted by atomic mass is 10.3. The van der Waals surface area contributed by atoms with Crippen molar-refractivity contribution in [2.75, 3.05) is 0 Å². The van der Waals surface area contributed by atoms with Gasteiger partial charge in [0.05, 0.1) is 17.6 Å². The lowest BCUT2D eigenvalue weighted by Crippen LogP contribution is -2.00. The number of nitrogens with zero attached hydrogens (tertiary/aromatic N) is 5. The Hall–Kier alpha value is -2.34. The number of para-hydroxylation sites is 1. The highest BCUT2D eigenvalue weighted by Gasteiger charge is 2.13. The molecule has 3 rings (SSSR count). The maximum absolute atomic E-state index is 13.4. The summed E-state index contributed by atoms with van der Waals surface area (Å²) in [5.41, 5.74) is 1.41. The Labute approximate surface area is 119 Å². The zero-order valence-electron chi connectivity index (χ0n) is 10.5. The predicted molar refractivity (Wildman–Crippen MR) is 72.1 cm³/mol. The molecule has 0 radical (unpaired) electrons. The molecule has 0 bridgehead atoms. The van der Waals surface area contributed by atoms with Crippen molar-refractivity contribution in [1.82, 2.24) is 25.0 Å². The van der Waals surface area contributed by atoms with Crippen molar-refractivity contribution >= 4 is 11.6 Å². The zero-order chi connectivity index (χ0) is 14.1. The molecule has 3 aromatic rings. The van der Waals surface area contributed by atoms with E-state index in [9.17, 15) is 4.39 Å². The van der Waals surface area contributed by atoms with E-state index in [0.29, 0.717) is 5.69 Å². The Bertz CT molecular complexity index is 733. The molecule has 5 nitrogen and oxygen atoms in total. The van der Waals surface area contributed by atoms with E-state index in [1.807, 2.05) is 30.3 Å². The maximum atomic E-state index is 13.4. The van der Waals surface area contributed by atoms with Gasteiger partial charge >= 0.3 is 0 Å². The van der Waals surface area contributed by atoms with Crippen LogP contribution >= 0.6 is 11.6 Å².